The van der Waals surface area contributed by atoms with E-state index in [1.807, 2.05) is 32.0 Å². The Labute approximate surface area is 130 Å². The van der Waals surface area contributed by atoms with Gasteiger partial charge in [0.1, 0.15) is 5.82 Å². The van der Waals surface area contributed by atoms with Gasteiger partial charge in [-0.1, -0.05) is 24.6 Å². The lowest BCUT2D eigenvalue weighted by atomic mass is 10.1. The van der Waals surface area contributed by atoms with Crippen molar-refractivity contribution in [2.45, 2.75) is 20.3 Å². The summed E-state index contributed by atoms with van der Waals surface area (Å²) in [6.45, 7) is 8.90. The van der Waals surface area contributed by atoms with Crippen LogP contribution in [-0.4, -0.2) is 29.1 Å². The highest BCUT2D eigenvalue weighted by Crippen LogP contribution is 2.23. The summed E-state index contributed by atoms with van der Waals surface area (Å²) in [5.74, 6) is 0.955. The number of nitrogens with zero attached hydrogens (tertiary/aromatic N) is 2. The van der Waals surface area contributed by atoms with Gasteiger partial charge >= 0.3 is 6.03 Å². The summed E-state index contributed by atoms with van der Waals surface area (Å²) in [6, 6.07) is 5.61. The summed E-state index contributed by atoms with van der Waals surface area (Å²) in [5, 5.41) is 9.49. The third kappa shape index (κ3) is 3.94. The molecule has 0 atom stereocenters. The zero-order chi connectivity index (χ0) is 15.9. The van der Waals surface area contributed by atoms with Crippen molar-refractivity contribution in [3.8, 4) is 0 Å². The van der Waals surface area contributed by atoms with Gasteiger partial charge in [-0.25, -0.2) is 9.78 Å². The van der Waals surface area contributed by atoms with Crippen molar-refractivity contribution >= 4 is 28.7 Å². The molecular weight excluding hydrogens is 278 g/mol. The number of carbonyl (C=O) groups is 1. The van der Waals surface area contributed by atoms with Crippen LogP contribution >= 0.6 is 0 Å². The van der Waals surface area contributed by atoms with E-state index in [9.17, 15) is 4.79 Å². The zero-order valence-electron chi connectivity index (χ0n) is 12.9. The fraction of sp³-hybridized carbons (Fsp3) is 0.312. The van der Waals surface area contributed by atoms with E-state index in [0.29, 0.717) is 18.9 Å². The van der Waals surface area contributed by atoms with E-state index in [0.717, 1.165) is 22.9 Å². The second-order valence-electron chi connectivity index (χ2n) is 4.97. The minimum Gasteiger partial charge on any atom is -0.366 e. The van der Waals surface area contributed by atoms with Gasteiger partial charge in [0, 0.05) is 18.5 Å². The first-order valence-corrected chi connectivity index (χ1v) is 7.32. The lowest BCUT2D eigenvalue weighted by Gasteiger charge is -2.11. The lowest BCUT2D eigenvalue weighted by Crippen LogP contribution is -2.30. The first-order valence-electron chi connectivity index (χ1n) is 7.32. The van der Waals surface area contributed by atoms with Crippen LogP contribution in [0.25, 0.3) is 10.9 Å². The highest BCUT2D eigenvalue weighted by Gasteiger charge is 2.09. The maximum Gasteiger partial charge on any atom is 0.321 e. The van der Waals surface area contributed by atoms with Crippen molar-refractivity contribution in [1.82, 2.24) is 15.3 Å². The normalized spacial score (nSPS) is 10.3. The van der Waals surface area contributed by atoms with E-state index in [1.165, 1.54) is 0 Å². The van der Waals surface area contributed by atoms with Crippen molar-refractivity contribution < 1.29 is 4.79 Å². The van der Waals surface area contributed by atoms with Crippen LogP contribution in [0, 0.1) is 6.92 Å². The Morgan fingerprint density at radius 3 is 2.91 bits per heavy atom. The predicted octanol–water partition coefficient (Wildman–Crippen LogP) is 3.07. The molecule has 0 aliphatic carbocycles. The Bertz CT molecular complexity index is 684. The number of anilines is 2. The molecule has 0 saturated carbocycles. The Kier molecular flexibility index (Phi) is 5.30. The average molecular weight is 299 g/mol. The van der Waals surface area contributed by atoms with Crippen LogP contribution in [0.1, 0.15) is 18.9 Å². The van der Waals surface area contributed by atoms with E-state index < -0.39 is 0 Å². The summed E-state index contributed by atoms with van der Waals surface area (Å²) in [7, 11) is 0. The molecule has 0 bridgehead atoms. The van der Waals surface area contributed by atoms with E-state index in [-0.39, 0.29) is 12.0 Å². The molecule has 0 spiro atoms. The van der Waals surface area contributed by atoms with E-state index in [1.54, 1.807) is 6.08 Å². The van der Waals surface area contributed by atoms with E-state index in [4.69, 9.17) is 0 Å². The fourth-order valence-corrected chi connectivity index (χ4v) is 1.99. The SMILES string of the molecule is C=CCNc1nc(NC(=O)NCCC)nc2ccc(C)cc12. The number of aromatic nitrogens is 2. The van der Waals surface area contributed by atoms with Gasteiger partial charge in [-0.15, -0.1) is 6.58 Å². The lowest BCUT2D eigenvalue weighted by molar-refractivity contribution is 0.252. The molecule has 1 aromatic heterocycles. The molecule has 6 nitrogen and oxygen atoms in total. The number of carbonyl (C=O) groups excluding carboxylic acids is 1. The van der Waals surface area contributed by atoms with Crippen molar-refractivity contribution in [2.75, 3.05) is 23.7 Å². The molecule has 2 rings (SSSR count). The first kappa shape index (κ1) is 15.8. The van der Waals surface area contributed by atoms with Crippen LogP contribution in [0.15, 0.2) is 30.9 Å². The number of hydrogen-bond acceptors (Lipinski definition) is 4. The maximum absolute atomic E-state index is 11.7. The molecule has 116 valence electrons. The number of amides is 2. The predicted molar refractivity (Wildman–Crippen MR) is 90.3 cm³/mol. The van der Waals surface area contributed by atoms with Gasteiger partial charge in [-0.05, 0) is 25.5 Å². The van der Waals surface area contributed by atoms with Crippen LogP contribution in [0.2, 0.25) is 0 Å². The molecule has 0 aliphatic rings. The molecular formula is C16H21N5O. The Hall–Kier alpha value is -2.63. The fourth-order valence-electron chi connectivity index (χ4n) is 1.99. The van der Waals surface area contributed by atoms with Crippen molar-refractivity contribution in [2.24, 2.45) is 0 Å². The number of hydrogen-bond donors (Lipinski definition) is 3. The molecule has 3 N–H and O–H groups in total. The van der Waals surface area contributed by atoms with Crippen molar-refractivity contribution in [3.63, 3.8) is 0 Å². The standard InChI is InChI=1S/C16H21N5O/c1-4-8-17-14-12-10-11(3)6-7-13(12)19-15(20-14)21-16(22)18-9-5-2/h4,6-7,10H,1,5,8-9H2,2-3H3,(H3,17,18,19,20,21,22). The number of aryl methyl sites for hydroxylation is 1. The third-order valence-corrected chi connectivity index (χ3v) is 3.03. The second kappa shape index (κ2) is 7.40. The summed E-state index contributed by atoms with van der Waals surface area (Å²) < 4.78 is 0. The topological polar surface area (TPSA) is 78.9 Å². The van der Waals surface area contributed by atoms with Crippen LogP contribution in [0.3, 0.4) is 0 Å². The molecule has 1 aromatic carbocycles. The minimum atomic E-state index is -0.303. The van der Waals surface area contributed by atoms with Gasteiger partial charge in [0.25, 0.3) is 0 Å². The monoisotopic (exact) mass is 299 g/mol. The second-order valence-corrected chi connectivity index (χ2v) is 4.97. The average Bonchev–Trinajstić information content (AvgIpc) is 2.51. The Morgan fingerprint density at radius 1 is 1.36 bits per heavy atom. The van der Waals surface area contributed by atoms with E-state index in [2.05, 4.69) is 32.5 Å². The van der Waals surface area contributed by atoms with Gasteiger partial charge in [0.15, 0.2) is 0 Å². The van der Waals surface area contributed by atoms with Crippen LogP contribution in [0.5, 0.6) is 0 Å². The minimum absolute atomic E-state index is 0.275. The summed E-state index contributed by atoms with van der Waals surface area (Å²) >= 11 is 0. The van der Waals surface area contributed by atoms with Crippen molar-refractivity contribution in [3.05, 3.63) is 36.4 Å². The van der Waals surface area contributed by atoms with Crippen LogP contribution < -0.4 is 16.0 Å². The maximum atomic E-state index is 11.7. The Morgan fingerprint density at radius 2 is 2.18 bits per heavy atom. The third-order valence-electron chi connectivity index (χ3n) is 3.03. The highest BCUT2D eigenvalue weighted by atomic mass is 16.2. The molecule has 0 fully saturated rings. The molecule has 2 aromatic rings. The number of nitrogens with one attached hydrogen (secondary N) is 3. The summed E-state index contributed by atoms with van der Waals surface area (Å²) in [5.41, 5.74) is 1.90. The van der Waals surface area contributed by atoms with Crippen LogP contribution in [0.4, 0.5) is 16.6 Å². The van der Waals surface area contributed by atoms with E-state index >= 15 is 0 Å². The largest absolute Gasteiger partial charge is 0.366 e. The van der Waals surface area contributed by atoms with Gasteiger partial charge in [-0.3, -0.25) is 5.32 Å². The first-order chi connectivity index (χ1) is 10.6. The van der Waals surface area contributed by atoms with Crippen molar-refractivity contribution in [1.29, 1.82) is 0 Å². The van der Waals surface area contributed by atoms with Gasteiger partial charge in [0.05, 0.1) is 5.52 Å². The zero-order valence-corrected chi connectivity index (χ0v) is 12.9. The quantitative estimate of drug-likeness (QED) is 0.716. The Balaban J connectivity index is 2.33. The molecule has 0 aliphatic heterocycles. The van der Waals surface area contributed by atoms with Gasteiger partial charge in [-0.2, -0.15) is 4.98 Å². The highest BCUT2D eigenvalue weighted by molar-refractivity contribution is 5.93. The van der Waals surface area contributed by atoms with Gasteiger partial charge in [0.2, 0.25) is 5.95 Å². The van der Waals surface area contributed by atoms with Crippen LogP contribution in [-0.2, 0) is 0 Å². The summed E-state index contributed by atoms with van der Waals surface area (Å²) in [6.07, 6.45) is 2.63. The number of rotatable bonds is 6. The molecule has 1 heterocycles. The molecule has 0 saturated heterocycles. The number of fused-ring (bicyclic) bond motifs is 1. The smallest absolute Gasteiger partial charge is 0.321 e. The summed E-state index contributed by atoms with van der Waals surface area (Å²) in [4.78, 5) is 20.5. The molecule has 0 unspecified atom stereocenters. The molecule has 6 heteroatoms. The molecule has 0 radical (unpaired) electrons. The molecule has 22 heavy (non-hydrogen) atoms. The van der Waals surface area contributed by atoms with Gasteiger partial charge < -0.3 is 10.6 Å². The number of benzene rings is 1. The number of urea groups is 1. The molecule has 2 amide bonds.